The third kappa shape index (κ3) is 7.64. The van der Waals surface area contributed by atoms with Crippen molar-refractivity contribution < 1.29 is 34.1 Å². The van der Waals surface area contributed by atoms with E-state index in [1.54, 1.807) is 7.05 Å². The van der Waals surface area contributed by atoms with Gasteiger partial charge in [0.05, 0.1) is 18.0 Å². The second-order valence-electron chi connectivity index (χ2n) is 11.8. The van der Waals surface area contributed by atoms with Crippen molar-refractivity contribution in [3.8, 4) is 0 Å². The number of tetrazole rings is 1. The van der Waals surface area contributed by atoms with E-state index >= 15 is 0 Å². The number of hydrogen-bond donors (Lipinski definition) is 9. The number of fused-ring (bicyclic) bond motifs is 1. The van der Waals surface area contributed by atoms with E-state index in [2.05, 4.69) is 52.1 Å². The molecule has 21 nitrogen and oxygen atoms in total. The molecule has 24 heteroatoms. The van der Waals surface area contributed by atoms with Crippen molar-refractivity contribution in [2.45, 2.75) is 70.9 Å². The number of nitrogens with two attached hydrogens (primary N) is 1. The Morgan fingerprint density at radius 3 is 2.65 bits per heavy atom. The van der Waals surface area contributed by atoms with Gasteiger partial charge in [0.1, 0.15) is 28.3 Å². The van der Waals surface area contributed by atoms with Crippen LogP contribution in [0, 0.1) is 0 Å². The van der Waals surface area contributed by atoms with Crippen LogP contribution >= 0.6 is 35.3 Å². The molecule has 2 aromatic rings. The molecule has 10 N–H and O–H groups in total. The first-order valence-corrected chi connectivity index (χ1v) is 18.4. The van der Waals surface area contributed by atoms with Crippen molar-refractivity contribution >= 4 is 70.7 Å². The van der Waals surface area contributed by atoms with Gasteiger partial charge >= 0.3 is 12.0 Å². The molecule has 6 rings (SSSR count). The van der Waals surface area contributed by atoms with E-state index < -0.39 is 57.3 Å². The van der Waals surface area contributed by atoms with Gasteiger partial charge in [0.25, 0.3) is 23.1 Å². The third-order valence-corrected chi connectivity index (χ3v) is 12.0. The number of aromatic amines is 1. The number of H-pyrrole nitrogens is 1. The van der Waals surface area contributed by atoms with Crippen molar-refractivity contribution in [1.82, 2.24) is 51.0 Å². The number of methoxy groups -OCH3 is 1. The number of aliphatic hydroxyl groups is 1. The minimum atomic E-state index is -2.00. The molecule has 3 aliphatic heterocycles. The van der Waals surface area contributed by atoms with Crippen LogP contribution in [0.2, 0.25) is 0 Å². The quantitative estimate of drug-likeness (QED) is 0.0669. The van der Waals surface area contributed by atoms with E-state index in [4.69, 9.17) is 10.5 Å². The Kier molecular flexibility index (Phi) is 10.8. The molecule has 5 atom stereocenters. The SMILES string of the molecule is CO[C@@]1(NC(=O)C(NC(=O)Nc2cnc(NC3CCC(O)CC3)[nH]c2=O)C2=CSC(N)N2)C(=O)N2C(C(=O)O)=CC(CSc3nnnn3C)S[C@H]21. The molecule has 0 bridgehead atoms. The van der Waals surface area contributed by atoms with Crippen LogP contribution in [0.1, 0.15) is 25.7 Å². The molecule has 2 aromatic heterocycles. The summed E-state index contributed by atoms with van der Waals surface area (Å²) < 4.78 is 7.08. The highest BCUT2D eigenvalue weighted by Crippen LogP contribution is 2.48. The summed E-state index contributed by atoms with van der Waals surface area (Å²) in [4.78, 5) is 73.5. The number of carbonyl (C=O) groups excluding carboxylic acids is 3. The molecule has 51 heavy (non-hydrogen) atoms. The van der Waals surface area contributed by atoms with E-state index in [0.717, 1.165) is 22.9 Å². The fourth-order valence-corrected chi connectivity index (χ4v) is 9.07. The number of amides is 4. The topological polar surface area (TPSA) is 297 Å². The number of carboxylic acids is 1. The summed E-state index contributed by atoms with van der Waals surface area (Å²) in [6, 6.07) is -2.40. The predicted octanol–water partition coefficient (Wildman–Crippen LogP) is -1.58. The molecule has 274 valence electrons. The minimum Gasteiger partial charge on any atom is -0.477 e. The zero-order valence-corrected chi connectivity index (χ0v) is 29.5. The number of aromatic nitrogens is 6. The Hall–Kier alpha value is -4.36. The Balaban J connectivity index is 1.15. The van der Waals surface area contributed by atoms with Crippen molar-refractivity contribution in [2.24, 2.45) is 12.8 Å². The summed E-state index contributed by atoms with van der Waals surface area (Å²) in [7, 11) is 2.86. The van der Waals surface area contributed by atoms with Crippen molar-refractivity contribution in [1.29, 1.82) is 0 Å². The molecule has 1 aliphatic carbocycles. The number of β-lactam (4-membered cyclic amide) rings is 1. The fraction of sp³-hybridized carbons (Fsp3) is 0.519. The minimum absolute atomic E-state index is 0.0180. The number of nitrogens with zero attached hydrogens (tertiary/aromatic N) is 6. The van der Waals surface area contributed by atoms with Crippen molar-refractivity contribution in [3.05, 3.63) is 39.4 Å². The maximum Gasteiger partial charge on any atom is 0.352 e. The standard InChI is InChI=1S/C27H35N13O8S3/c1-39-26(36-37-38-39)50-9-13-7-16(20(44)45)40-21(46)27(48-2,22(40)51-13)35-19(43)17(15-10-49-23(28)31-15)33-25(47)32-14-8-29-24(34-18(14)42)30-11-3-5-12(41)6-4-11/h7-8,10-13,17,22-23,31,41H,3-6,9,28H2,1-2H3,(H,35,43)(H,44,45)(H2,32,33,47)(H2,29,30,34,42)/t11?,12?,13?,17?,22-,23?,27-/m0/s1. The van der Waals surface area contributed by atoms with Crippen molar-refractivity contribution in [2.75, 3.05) is 23.5 Å². The number of ether oxygens (including phenoxy) is 1. The Labute approximate surface area is 301 Å². The Morgan fingerprint density at radius 2 is 2.02 bits per heavy atom. The number of anilines is 2. The molecule has 5 heterocycles. The number of carbonyl (C=O) groups is 4. The zero-order chi connectivity index (χ0) is 36.4. The zero-order valence-electron chi connectivity index (χ0n) is 27.1. The number of aryl methyl sites for hydroxylation is 1. The smallest absolute Gasteiger partial charge is 0.352 e. The van der Waals surface area contributed by atoms with E-state index in [1.807, 2.05) is 0 Å². The monoisotopic (exact) mass is 765 g/mol. The molecular weight excluding hydrogens is 731 g/mol. The molecule has 1 saturated carbocycles. The molecule has 0 radical (unpaired) electrons. The summed E-state index contributed by atoms with van der Waals surface area (Å²) in [5.74, 6) is -2.53. The van der Waals surface area contributed by atoms with E-state index in [0.29, 0.717) is 36.6 Å². The summed E-state index contributed by atoms with van der Waals surface area (Å²) in [6.45, 7) is 0. The third-order valence-electron chi connectivity index (χ3n) is 8.42. The van der Waals surface area contributed by atoms with Gasteiger partial charge in [0, 0.05) is 31.2 Å². The number of carboxylic acid groups (broad SMARTS) is 1. The van der Waals surface area contributed by atoms with E-state index in [1.165, 1.54) is 46.8 Å². The van der Waals surface area contributed by atoms with Gasteiger partial charge < -0.3 is 47.3 Å². The maximum atomic E-state index is 13.9. The summed E-state index contributed by atoms with van der Waals surface area (Å²) >= 11 is 3.60. The molecule has 4 aliphatic rings. The maximum absolute atomic E-state index is 13.9. The molecule has 4 amide bonds. The summed E-state index contributed by atoms with van der Waals surface area (Å²) in [5, 5.41) is 45.0. The van der Waals surface area contributed by atoms with Crippen LogP contribution in [0.15, 0.2) is 39.0 Å². The number of aliphatic carboxylic acids is 1. The average Bonchev–Trinajstić information content (AvgIpc) is 3.73. The highest BCUT2D eigenvalue weighted by atomic mass is 32.2. The van der Waals surface area contributed by atoms with Gasteiger partial charge in [0.2, 0.25) is 11.1 Å². The lowest BCUT2D eigenvalue weighted by Crippen LogP contribution is -2.81. The van der Waals surface area contributed by atoms with E-state index in [9.17, 15) is 34.2 Å². The van der Waals surface area contributed by atoms with Crippen molar-refractivity contribution in [3.63, 3.8) is 0 Å². The fourth-order valence-electron chi connectivity index (χ4n) is 5.81. The number of rotatable bonds is 12. The van der Waals surface area contributed by atoms with Crippen LogP contribution < -0.4 is 37.9 Å². The second kappa shape index (κ2) is 15.1. The van der Waals surface area contributed by atoms with Crippen LogP contribution in [0.3, 0.4) is 0 Å². The number of aliphatic hydroxyl groups excluding tert-OH is 1. The lowest BCUT2D eigenvalue weighted by Gasteiger charge is -2.56. The van der Waals surface area contributed by atoms with Gasteiger partial charge in [-0.3, -0.25) is 24.3 Å². The van der Waals surface area contributed by atoms with Gasteiger partial charge in [-0.2, -0.15) is 0 Å². The van der Waals surface area contributed by atoms with E-state index in [-0.39, 0.29) is 35.2 Å². The van der Waals surface area contributed by atoms with Gasteiger partial charge in [-0.15, -0.1) is 16.9 Å². The molecule has 0 aromatic carbocycles. The Morgan fingerprint density at radius 1 is 1.25 bits per heavy atom. The number of thioether (sulfide) groups is 3. The van der Waals surface area contributed by atoms with Gasteiger partial charge in [-0.05, 0) is 47.6 Å². The van der Waals surface area contributed by atoms with Crippen LogP contribution in [0.25, 0.3) is 0 Å². The summed E-state index contributed by atoms with van der Waals surface area (Å²) in [5.41, 5.74) is 2.36. The number of nitrogens with one attached hydrogen (secondary N) is 6. The molecule has 1 saturated heterocycles. The van der Waals surface area contributed by atoms with Crippen LogP contribution in [0.5, 0.6) is 0 Å². The first kappa shape index (κ1) is 36.4. The Bertz CT molecular complexity index is 1820. The molecule has 0 spiro atoms. The van der Waals surface area contributed by atoms with Gasteiger partial charge in [-0.1, -0.05) is 23.5 Å². The number of hydrogen-bond acceptors (Lipinski definition) is 17. The molecule has 3 unspecified atom stereocenters. The van der Waals surface area contributed by atoms with Crippen LogP contribution in [-0.2, 0) is 26.2 Å². The lowest BCUT2D eigenvalue weighted by atomic mass is 9.93. The van der Waals surface area contributed by atoms with Crippen LogP contribution in [0.4, 0.5) is 16.4 Å². The first-order chi connectivity index (χ1) is 24.4. The highest BCUT2D eigenvalue weighted by Gasteiger charge is 2.67. The highest BCUT2D eigenvalue weighted by molar-refractivity contribution is 8.04. The summed E-state index contributed by atoms with van der Waals surface area (Å²) in [6.07, 6.45) is 4.93. The number of urea groups is 1. The van der Waals surface area contributed by atoms with Crippen LogP contribution in [-0.4, -0.2) is 122 Å². The first-order valence-electron chi connectivity index (χ1n) is 15.5. The molecule has 2 fully saturated rings. The lowest BCUT2D eigenvalue weighted by molar-refractivity contribution is -0.192. The normalized spacial score (nSPS) is 27.6. The van der Waals surface area contributed by atoms with Gasteiger partial charge in [-0.25, -0.2) is 19.3 Å². The predicted molar refractivity (Wildman–Crippen MR) is 185 cm³/mol. The average molecular weight is 766 g/mol. The largest absolute Gasteiger partial charge is 0.477 e. The second-order valence-corrected chi connectivity index (χ2v) is 15.1. The van der Waals surface area contributed by atoms with Gasteiger partial charge in [0.15, 0.2) is 0 Å². The molecular formula is C27H35N13O8S3.